The lowest BCUT2D eigenvalue weighted by molar-refractivity contribution is 0.0691. The molecule has 1 rings (SSSR count). The van der Waals surface area contributed by atoms with E-state index in [1.54, 1.807) is 6.92 Å². The first-order valence-electron chi connectivity index (χ1n) is 6.17. The van der Waals surface area contributed by atoms with Crippen molar-refractivity contribution in [2.24, 2.45) is 0 Å². The van der Waals surface area contributed by atoms with Gasteiger partial charge in [0.05, 0.1) is 6.10 Å². The summed E-state index contributed by atoms with van der Waals surface area (Å²) in [6.45, 7) is 4.54. The molecule has 1 aromatic rings. The summed E-state index contributed by atoms with van der Waals surface area (Å²) >= 11 is 0. The van der Waals surface area contributed by atoms with Gasteiger partial charge in [0.2, 0.25) is 10.0 Å². The zero-order chi connectivity index (χ0) is 15.5. The third-order valence-corrected chi connectivity index (χ3v) is 4.39. The van der Waals surface area contributed by atoms with Crippen LogP contribution in [0.15, 0.2) is 9.31 Å². The molecule has 20 heavy (non-hydrogen) atoms. The van der Waals surface area contributed by atoms with Gasteiger partial charge >= 0.3 is 5.97 Å². The van der Waals surface area contributed by atoms with Gasteiger partial charge in [0, 0.05) is 6.54 Å². The Labute approximate surface area is 117 Å². The maximum Gasteiger partial charge on any atom is 0.340 e. The lowest BCUT2D eigenvalue weighted by Gasteiger charge is -2.08. The molecular formula is C12H19NO6S. The zero-order valence-corrected chi connectivity index (χ0v) is 12.5. The van der Waals surface area contributed by atoms with Crippen molar-refractivity contribution >= 4 is 16.0 Å². The van der Waals surface area contributed by atoms with Crippen LogP contribution in [0.5, 0.6) is 0 Å². The van der Waals surface area contributed by atoms with Gasteiger partial charge in [-0.15, -0.1) is 0 Å². The maximum absolute atomic E-state index is 12.1. The molecule has 1 aromatic heterocycles. The number of rotatable bonds is 7. The van der Waals surface area contributed by atoms with Gasteiger partial charge < -0.3 is 14.6 Å². The first-order valence-corrected chi connectivity index (χ1v) is 7.66. The van der Waals surface area contributed by atoms with Crippen LogP contribution in [0.1, 0.15) is 41.6 Å². The van der Waals surface area contributed by atoms with Crippen LogP contribution in [0.3, 0.4) is 0 Å². The summed E-state index contributed by atoms with van der Waals surface area (Å²) in [5, 5.41) is 18.2. The molecule has 1 atom stereocenters. The maximum atomic E-state index is 12.1. The second kappa shape index (κ2) is 6.38. The van der Waals surface area contributed by atoms with E-state index < -0.39 is 22.1 Å². The molecule has 1 heterocycles. The highest BCUT2D eigenvalue weighted by Crippen LogP contribution is 2.26. The van der Waals surface area contributed by atoms with Gasteiger partial charge in [-0.3, -0.25) is 0 Å². The fraction of sp³-hybridized carbons (Fsp3) is 0.583. The second-order valence-corrected chi connectivity index (χ2v) is 6.32. The second-order valence-electron chi connectivity index (χ2n) is 4.61. The van der Waals surface area contributed by atoms with Crippen molar-refractivity contribution in [1.82, 2.24) is 4.72 Å². The normalized spacial score (nSPS) is 13.4. The molecule has 0 spiro atoms. The van der Waals surface area contributed by atoms with Crippen LogP contribution in [0, 0.1) is 13.8 Å². The van der Waals surface area contributed by atoms with Gasteiger partial charge in [-0.05, 0) is 33.6 Å². The first kappa shape index (κ1) is 16.7. The van der Waals surface area contributed by atoms with Crippen LogP contribution in [0.2, 0.25) is 0 Å². The van der Waals surface area contributed by atoms with Gasteiger partial charge in [-0.2, -0.15) is 0 Å². The summed E-state index contributed by atoms with van der Waals surface area (Å²) in [4.78, 5) is 10.8. The molecule has 8 heteroatoms. The van der Waals surface area contributed by atoms with E-state index in [4.69, 9.17) is 14.6 Å². The van der Waals surface area contributed by atoms with Crippen LogP contribution >= 0.6 is 0 Å². The van der Waals surface area contributed by atoms with Crippen molar-refractivity contribution in [3.05, 3.63) is 17.1 Å². The smallest absolute Gasteiger partial charge is 0.340 e. The Morgan fingerprint density at radius 1 is 1.35 bits per heavy atom. The van der Waals surface area contributed by atoms with E-state index in [1.165, 1.54) is 13.8 Å². The number of carbonyl (C=O) groups is 1. The van der Waals surface area contributed by atoms with Crippen LogP contribution < -0.4 is 4.72 Å². The molecule has 114 valence electrons. The van der Waals surface area contributed by atoms with Crippen molar-refractivity contribution in [3.63, 3.8) is 0 Å². The molecule has 0 aliphatic heterocycles. The topological polar surface area (TPSA) is 117 Å². The molecule has 0 radical (unpaired) electrons. The van der Waals surface area contributed by atoms with Crippen molar-refractivity contribution in [3.8, 4) is 0 Å². The number of sulfonamides is 1. The Balaban J connectivity index is 2.96. The molecule has 0 aliphatic rings. The van der Waals surface area contributed by atoms with Gasteiger partial charge in [-0.1, -0.05) is 0 Å². The van der Waals surface area contributed by atoms with Gasteiger partial charge in [-0.25, -0.2) is 17.9 Å². The quantitative estimate of drug-likeness (QED) is 0.648. The molecule has 0 bridgehead atoms. The van der Waals surface area contributed by atoms with Gasteiger partial charge in [0.25, 0.3) is 0 Å². The summed E-state index contributed by atoms with van der Waals surface area (Å²) in [5.74, 6) is -1.24. The highest BCUT2D eigenvalue weighted by Gasteiger charge is 2.30. The van der Waals surface area contributed by atoms with Crippen molar-refractivity contribution in [2.45, 2.75) is 44.6 Å². The summed E-state index contributed by atoms with van der Waals surface area (Å²) in [7, 11) is -3.95. The van der Waals surface area contributed by atoms with E-state index in [0.29, 0.717) is 12.8 Å². The average molecular weight is 305 g/mol. The van der Waals surface area contributed by atoms with Crippen LogP contribution in [-0.2, 0) is 10.0 Å². The Morgan fingerprint density at radius 2 is 1.95 bits per heavy atom. The Morgan fingerprint density at radius 3 is 2.45 bits per heavy atom. The number of aromatic carboxylic acids is 1. The van der Waals surface area contributed by atoms with Crippen molar-refractivity contribution < 1.29 is 27.8 Å². The fourth-order valence-electron chi connectivity index (χ4n) is 1.91. The van der Waals surface area contributed by atoms with E-state index in [-0.39, 0.29) is 28.5 Å². The molecule has 0 saturated heterocycles. The Kier molecular flexibility index (Phi) is 5.32. The SMILES string of the molecule is Cc1oc(C)c(S(=O)(=O)NCCCC(C)O)c1C(=O)O. The minimum atomic E-state index is -3.95. The summed E-state index contributed by atoms with van der Waals surface area (Å²) in [6, 6.07) is 0. The van der Waals surface area contributed by atoms with E-state index >= 15 is 0 Å². The molecular weight excluding hydrogens is 286 g/mol. The van der Waals surface area contributed by atoms with Crippen molar-refractivity contribution in [1.29, 1.82) is 0 Å². The number of carboxylic acids is 1. The van der Waals surface area contributed by atoms with Crippen LogP contribution in [-0.4, -0.2) is 37.2 Å². The predicted octanol–water partition coefficient (Wildman–Crippen LogP) is 1.03. The number of aliphatic hydroxyl groups is 1. The predicted molar refractivity (Wildman–Crippen MR) is 71.2 cm³/mol. The van der Waals surface area contributed by atoms with E-state index in [9.17, 15) is 13.2 Å². The molecule has 3 N–H and O–H groups in total. The lowest BCUT2D eigenvalue weighted by atomic mass is 10.2. The Bertz CT molecular complexity index is 587. The molecule has 1 unspecified atom stereocenters. The molecule has 0 saturated carbocycles. The number of aliphatic hydroxyl groups excluding tert-OH is 1. The van der Waals surface area contributed by atoms with Crippen molar-refractivity contribution in [2.75, 3.05) is 6.54 Å². The van der Waals surface area contributed by atoms with E-state index in [0.717, 1.165) is 0 Å². The van der Waals surface area contributed by atoms with E-state index in [2.05, 4.69) is 4.72 Å². The standard InChI is InChI=1S/C12H19NO6S/c1-7(14)5-4-6-13-20(17,18)11-9(3)19-8(2)10(11)12(15)16/h7,13-14H,4-6H2,1-3H3,(H,15,16). The van der Waals surface area contributed by atoms with Crippen LogP contribution in [0.4, 0.5) is 0 Å². The van der Waals surface area contributed by atoms with Gasteiger partial charge in [0.1, 0.15) is 22.0 Å². The molecule has 0 fully saturated rings. The number of carboxylic acid groups (broad SMARTS) is 1. The molecule has 0 aromatic carbocycles. The number of aryl methyl sites for hydroxylation is 2. The third-order valence-electron chi connectivity index (χ3n) is 2.78. The van der Waals surface area contributed by atoms with Gasteiger partial charge in [0.15, 0.2) is 0 Å². The Hall–Kier alpha value is -1.38. The molecule has 7 nitrogen and oxygen atoms in total. The minimum absolute atomic E-state index is 0.0444. The highest BCUT2D eigenvalue weighted by molar-refractivity contribution is 7.89. The van der Waals surface area contributed by atoms with Crippen LogP contribution in [0.25, 0.3) is 0 Å². The van der Waals surface area contributed by atoms with E-state index in [1.807, 2.05) is 0 Å². The third kappa shape index (κ3) is 3.81. The largest absolute Gasteiger partial charge is 0.478 e. The monoisotopic (exact) mass is 305 g/mol. The number of furan rings is 1. The highest BCUT2D eigenvalue weighted by atomic mass is 32.2. The summed E-state index contributed by atoms with van der Waals surface area (Å²) in [6.07, 6.45) is 0.402. The minimum Gasteiger partial charge on any atom is -0.478 e. The lowest BCUT2D eigenvalue weighted by Crippen LogP contribution is -2.27. The summed E-state index contributed by atoms with van der Waals surface area (Å²) in [5.41, 5.74) is -0.342. The first-order chi connectivity index (χ1) is 9.16. The molecule has 0 aliphatic carbocycles. The zero-order valence-electron chi connectivity index (χ0n) is 11.6. The number of hydrogen-bond acceptors (Lipinski definition) is 5. The number of nitrogens with one attached hydrogen (secondary N) is 1. The average Bonchev–Trinajstić information content (AvgIpc) is 2.60. The summed E-state index contributed by atoms with van der Waals surface area (Å²) < 4.78 is 31.7. The number of hydrogen-bond donors (Lipinski definition) is 3. The molecule has 0 amide bonds. The fourth-order valence-corrected chi connectivity index (χ4v) is 3.39.